The second-order valence-electron chi connectivity index (χ2n) is 7.12. The van der Waals surface area contributed by atoms with Gasteiger partial charge in [-0.2, -0.15) is 0 Å². The van der Waals surface area contributed by atoms with Gasteiger partial charge in [0.15, 0.2) is 0 Å². The van der Waals surface area contributed by atoms with Gasteiger partial charge in [0.05, 0.1) is 11.5 Å². The van der Waals surface area contributed by atoms with Crippen molar-refractivity contribution in [1.29, 1.82) is 0 Å². The van der Waals surface area contributed by atoms with E-state index in [0.717, 1.165) is 40.7 Å². The van der Waals surface area contributed by atoms with Gasteiger partial charge in [-0.15, -0.1) is 0 Å². The van der Waals surface area contributed by atoms with Crippen molar-refractivity contribution in [2.75, 3.05) is 5.32 Å². The van der Waals surface area contributed by atoms with Crippen LogP contribution < -0.4 is 10.1 Å². The van der Waals surface area contributed by atoms with Gasteiger partial charge in [-0.1, -0.05) is 11.6 Å². The fourth-order valence-corrected chi connectivity index (χ4v) is 3.54. The van der Waals surface area contributed by atoms with Crippen molar-refractivity contribution < 1.29 is 9.53 Å². The van der Waals surface area contributed by atoms with Gasteiger partial charge in [-0.3, -0.25) is 4.79 Å². The number of benzene rings is 2. The number of halogens is 1. The number of rotatable bonds is 5. The van der Waals surface area contributed by atoms with Crippen LogP contribution in [0.4, 0.5) is 5.69 Å². The Morgan fingerprint density at radius 2 is 1.92 bits per heavy atom. The van der Waals surface area contributed by atoms with Crippen LogP contribution in [0.15, 0.2) is 48.7 Å². The van der Waals surface area contributed by atoms with E-state index in [1.54, 1.807) is 0 Å². The molecule has 4 nitrogen and oxygen atoms in total. The Hall–Kier alpha value is -2.46. The number of carbonyl (C=O) groups is 1. The number of fused-ring (bicyclic) bond motifs is 1. The molecular weight excluding hydrogens is 348 g/mol. The SMILES string of the molecule is CC(C)Oc1ccc(NC(=O)C2(c3c[nH]c4ccc(Cl)cc34)CC2)cc1. The minimum Gasteiger partial charge on any atom is -0.491 e. The zero-order valence-corrected chi connectivity index (χ0v) is 15.6. The Bertz CT molecular complexity index is 956. The number of ether oxygens (including phenoxy) is 1. The molecule has 1 aliphatic rings. The monoisotopic (exact) mass is 368 g/mol. The molecule has 2 N–H and O–H groups in total. The van der Waals surface area contributed by atoms with E-state index in [0.29, 0.717) is 5.02 Å². The molecule has 1 aromatic heterocycles. The maximum atomic E-state index is 13.0. The molecule has 0 atom stereocenters. The smallest absolute Gasteiger partial charge is 0.235 e. The summed E-state index contributed by atoms with van der Waals surface area (Å²) in [6.07, 6.45) is 3.74. The van der Waals surface area contributed by atoms with Crippen LogP contribution in [0.1, 0.15) is 32.3 Å². The Balaban J connectivity index is 1.56. The van der Waals surface area contributed by atoms with Gasteiger partial charge in [-0.25, -0.2) is 0 Å². The van der Waals surface area contributed by atoms with Crippen LogP contribution in [0.3, 0.4) is 0 Å². The minimum atomic E-state index is -0.476. The third-order valence-corrected chi connectivity index (χ3v) is 5.06. The van der Waals surface area contributed by atoms with Crippen LogP contribution in [0.2, 0.25) is 5.02 Å². The number of carbonyl (C=O) groups excluding carboxylic acids is 1. The van der Waals surface area contributed by atoms with Crippen molar-refractivity contribution in [2.24, 2.45) is 0 Å². The van der Waals surface area contributed by atoms with Crippen LogP contribution in [-0.2, 0) is 10.2 Å². The molecule has 0 radical (unpaired) electrons. The largest absolute Gasteiger partial charge is 0.491 e. The molecule has 1 aliphatic carbocycles. The van der Waals surface area contributed by atoms with E-state index >= 15 is 0 Å². The van der Waals surface area contributed by atoms with Gasteiger partial charge in [0.1, 0.15) is 5.75 Å². The fraction of sp³-hybridized carbons (Fsp3) is 0.286. The Kier molecular flexibility index (Phi) is 4.16. The highest BCUT2D eigenvalue weighted by Crippen LogP contribution is 2.51. The third kappa shape index (κ3) is 3.06. The number of hydrogen-bond acceptors (Lipinski definition) is 2. The fourth-order valence-electron chi connectivity index (χ4n) is 3.37. The molecule has 0 unspecified atom stereocenters. The lowest BCUT2D eigenvalue weighted by Crippen LogP contribution is -2.27. The summed E-state index contributed by atoms with van der Waals surface area (Å²) in [7, 11) is 0. The third-order valence-electron chi connectivity index (χ3n) is 4.83. The summed E-state index contributed by atoms with van der Waals surface area (Å²) in [6, 6.07) is 13.2. The summed E-state index contributed by atoms with van der Waals surface area (Å²) in [5, 5.41) is 4.75. The van der Waals surface area contributed by atoms with E-state index in [1.807, 2.05) is 62.5 Å². The molecule has 0 saturated heterocycles. The van der Waals surface area contributed by atoms with Gasteiger partial charge in [0.25, 0.3) is 0 Å². The quantitative estimate of drug-likeness (QED) is 0.643. The molecule has 4 rings (SSSR count). The molecular formula is C21H21ClN2O2. The van der Waals surface area contributed by atoms with Gasteiger partial charge < -0.3 is 15.0 Å². The highest BCUT2D eigenvalue weighted by Gasteiger charge is 2.52. The predicted octanol–water partition coefficient (Wildman–Crippen LogP) is 5.28. The van der Waals surface area contributed by atoms with Crippen molar-refractivity contribution in [3.05, 3.63) is 59.2 Å². The molecule has 3 aromatic rings. The first-order valence-electron chi connectivity index (χ1n) is 8.83. The van der Waals surface area contributed by atoms with Crippen molar-refractivity contribution in [1.82, 2.24) is 4.98 Å². The van der Waals surface area contributed by atoms with E-state index in [-0.39, 0.29) is 12.0 Å². The van der Waals surface area contributed by atoms with E-state index in [1.165, 1.54) is 0 Å². The summed E-state index contributed by atoms with van der Waals surface area (Å²) < 4.78 is 5.64. The highest BCUT2D eigenvalue weighted by molar-refractivity contribution is 6.31. The van der Waals surface area contributed by atoms with Crippen molar-refractivity contribution in [2.45, 2.75) is 38.2 Å². The zero-order chi connectivity index (χ0) is 18.3. The van der Waals surface area contributed by atoms with Crippen molar-refractivity contribution >= 4 is 34.1 Å². The summed E-state index contributed by atoms with van der Waals surface area (Å²) in [4.78, 5) is 16.2. The average Bonchev–Trinajstić information content (AvgIpc) is 3.30. The molecule has 1 heterocycles. The topological polar surface area (TPSA) is 54.1 Å². The Morgan fingerprint density at radius 3 is 2.58 bits per heavy atom. The number of hydrogen-bond donors (Lipinski definition) is 2. The van der Waals surface area contributed by atoms with Crippen LogP contribution in [0.25, 0.3) is 10.9 Å². The van der Waals surface area contributed by atoms with E-state index in [2.05, 4.69) is 10.3 Å². The van der Waals surface area contributed by atoms with Gasteiger partial charge in [0.2, 0.25) is 5.91 Å². The number of anilines is 1. The number of aromatic amines is 1. The zero-order valence-electron chi connectivity index (χ0n) is 14.8. The molecule has 1 saturated carbocycles. The minimum absolute atomic E-state index is 0.0240. The predicted molar refractivity (Wildman–Crippen MR) is 105 cm³/mol. The number of aromatic nitrogens is 1. The van der Waals surface area contributed by atoms with Crippen LogP contribution in [-0.4, -0.2) is 17.0 Å². The summed E-state index contributed by atoms with van der Waals surface area (Å²) in [5.41, 5.74) is 2.32. The first-order chi connectivity index (χ1) is 12.5. The van der Waals surface area contributed by atoms with E-state index in [9.17, 15) is 4.79 Å². The number of amides is 1. The molecule has 5 heteroatoms. The summed E-state index contributed by atoms with van der Waals surface area (Å²) >= 11 is 6.15. The lowest BCUT2D eigenvalue weighted by Gasteiger charge is -2.16. The van der Waals surface area contributed by atoms with Crippen molar-refractivity contribution in [3.63, 3.8) is 0 Å². The highest BCUT2D eigenvalue weighted by atomic mass is 35.5. The van der Waals surface area contributed by atoms with E-state index < -0.39 is 5.41 Å². The van der Waals surface area contributed by atoms with Gasteiger partial charge in [-0.05, 0) is 74.7 Å². The maximum absolute atomic E-state index is 13.0. The normalized spacial score (nSPS) is 15.2. The van der Waals surface area contributed by atoms with Crippen LogP contribution >= 0.6 is 11.6 Å². The second kappa shape index (κ2) is 6.36. The maximum Gasteiger partial charge on any atom is 0.235 e. The molecule has 1 amide bonds. The Labute approximate surface area is 157 Å². The Morgan fingerprint density at radius 1 is 1.19 bits per heavy atom. The first-order valence-corrected chi connectivity index (χ1v) is 9.21. The molecule has 0 spiro atoms. The lowest BCUT2D eigenvalue weighted by atomic mass is 9.94. The molecule has 26 heavy (non-hydrogen) atoms. The van der Waals surface area contributed by atoms with Gasteiger partial charge in [0, 0.05) is 27.8 Å². The van der Waals surface area contributed by atoms with E-state index in [4.69, 9.17) is 16.3 Å². The molecule has 0 aliphatic heterocycles. The molecule has 2 aromatic carbocycles. The van der Waals surface area contributed by atoms with Crippen molar-refractivity contribution in [3.8, 4) is 5.75 Å². The summed E-state index contributed by atoms with van der Waals surface area (Å²) in [6.45, 7) is 3.97. The number of nitrogens with one attached hydrogen (secondary N) is 2. The standard InChI is InChI=1S/C21H21ClN2O2/c1-13(2)26-16-6-4-15(5-7-16)24-20(25)21(9-10-21)18-12-23-19-8-3-14(22)11-17(18)19/h3-8,11-13,23H,9-10H2,1-2H3,(H,24,25). The molecule has 1 fully saturated rings. The lowest BCUT2D eigenvalue weighted by molar-refractivity contribution is -0.118. The molecule has 0 bridgehead atoms. The number of H-pyrrole nitrogens is 1. The molecule has 134 valence electrons. The van der Waals surface area contributed by atoms with Gasteiger partial charge >= 0.3 is 0 Å². The summed E-state index contributed by atoms with van der Waals surface area (Å²) in [5.74, 6) is 0.821. The van der Waals surface area contributed by atoms with Crippen LogP contribution in [0, 0.1) is 0 Å². The second-order valence-corrected chi connectivity index (χ2v) is 7.56. The van der Waals surface area contributed by atoms with Crippen LogP contribution in [0.5, 0.6) is 5.75 Å². The first kappa shape index (κ1) is 17.0. The average molecular weight is 369 g/mol.